The summed E-state index contributed by atoms with van der Waals surface area (Å²) in [4.78, 5) is 0.663. The summed E-state index contributed by atoms with van der Waals surface area (Å²) in [7, 11) is 0. The Kier molecular flexibility index (Phi) is 3.89. The van der Waals surface area contributed by atoms with E-state index < -0.39 is 0 Å². The molecule has 100 valence electrons. The van der Waals surface area contributed by atoms with Crippen molar-refractivity contribution in [3.8, 4) is 0 Å². The van der Waals surface area contributed by atoms with Crippen LogP contribution in [0.5, 0.6) is 0 Å². The van der Waals surface area contributed by atoms with E-state index in [2.05, 4.69) is 5.32 Å². The zero-order chi connectivity index (χ0) is 13.1. The summed E-state index contributed by atoms with van der Waals surface area (Å²) in [6.45, 7) is 0.787. The quantitative estimate of drug-likeness (QED) is 0.809. The van der Waals surface area contributed by atoms with Gasteiger partial charge in [-0.3, -0.25) is 0 Å². The van der Waals surface area contributed by atoms with E-state index in [1.54, 1.807) is 12.1 Å². The maximum Gasteiger partial charge on any atom is 0.136 e. The highest BCUT2D eigenvalue weighted by atomic mass is 32.2. The number of benzene rings is 1. The predicted octanol–water partition coefficient (Wildman–Crippen LogP) is 3.96. The third kappa shape index (κ3) is 3.61. The average Bonchev–Trinajstić information content (AvgIpc) is 3.14. The van der Waals surface area contributed by atoms with Crippen LogP contribution in [0.3, 0.4) is 0 Å². The molecule has 0 atom stereocenters. The van der Waals surface area contributed by atoms with E-state index in [1.807, 2.05) is 18.2 Å². The number of halogens is 1. The van der Waals surface area contributed by atoms with Crippen molar-refractivity contribution in [1.29, 1.82) is 0 Å². The maximum absolute atomic E-state index is 13.5. The second kappa shape index (κ2) is 5.80. The molecule has 0 saturated heterocycles. The zero-order valence-electron chi connectivity index (χ0n) is 10.6. The molecule has 1 aliphatic carbocycles. The van der Waals surface area contributed by atoms with Crippen LogP contribution in [0.25, 0.3) is 0 Å². The molecule has 1 saturated carbocycles. The van der Waals surface area contributed by atoms with Gasteiger partial charge in [-0.1, -0.05) is 12.1 Å². The summed E-state index contributed by atoms with van der Waals surface area (Å²) in [6.07, 6.45) is 2.55. The third-order valence-electron chi connectivity index (χ3n) is 3.07. The smallest absolute Gasteiger partial charge is 0.136 e. The summed E-state index contributed by atoms with van der Waals surface area (Å²) in [5, 5.41) is 3.41. The van der Waals surface area contributed by atoms with Crippen molar-refractivity contribution in [3.05, 3.63) is 53.7 Å². The highest BCUT2D eigenvalue weighted by molar-refractivity contribution is 7.98. The lowest BCUT2D eigenvalue weighted by molar-refractivity contribution is 0.458. The van der Waals surface area contributed by atoms with Crippen molar-refractivity contribution in [3.63, 3.8) is 0 Å². The lowest BCUT2D eigenvalue weighted by atomic mass is 10.3. The summed E-state index contributed by atoms with van der Waals surface area (Å²) in [5.41, 5.74) is 0. The van der Waals surface area contributed by atoms with E-state index in [0.717, 1.165) is 18.1 Å². The number of rotatable bonds is 6. The highest BCUT2D eigenvalue weighted by Crippen LogP contribution is 2.26. The van der Waals surface area contributed by atoms with Crippen molar-refractivity contribution in [2.45, 2.75) is 36.1 Å². The van der Waals surface area contributed by atoms with Gasteiger partial charge in [-0.25, -0.2) is 4.39 Å². The molecule has 2 aromatic rings. The van der Waals surface area contributed by atoms with Crippen molar-refractivity contribution in [2.24, 2.45) is 0 Å². The van der Waals surface area contributed by atoms with E-state index in [4.69, 9.17) is 4.42 Å². The van der Waals surface area contributed by atoms with Crippen molar-refractivity contribution < 1.29 is 8.81 Å². The minimum atomic E-state index is -0.172. The van der Waals surface area contributed by atoms with Crippen molar-refractivity contribution >= 4 is 11.8 Å². The Hall–Kier alpha value is -1.26. The fourth-order valence-electron chi connectivity index (χ4n) is 1.84. The van der Waals surface area contributed by atoms with Crippen LogP contribution in [0.4, 0.5) is 4.39 Å². The van der Waals surface area contributed by atoms with Gasteiger partial charge in [0.15, 0.2) is 0 Å². The van der Waals surface area contributed by atoms with Gasteiger partial charge in [0.2, 0.25) is 0 Å². The molecule has 0 unspecified atom stereocenters. The molecule has 1 aliphatic rings. The Morgan fingerprint density at radius 2 is 1.95 bits per heavy atom. The lowest BCUT2D eigenvalue weighted by Gasteiger charge is -2.01. The molecule has 1 heterocycles. The minimum absolute atomic E-state index is 0.172. The topological polar surface area (TPSA) is 25.2 Å². The largest absolute Gasteiger partial charge is 0.464 e. The molecule has 0 spiro atoms. The fourth-order valence-corrected chi connectivity index (χ4v) is 2.67. The van der Waals surface area contributed by atoms with Gasteiger partial charge in [-0.15, -0.1) is 11.8 Å². The second-order valence-electron chi connectivity index (χ2n) is 4.74. The molecule has 1 fully saturated rings. The molecular formula is C15H16FNOS. The molecule has 2 nitrogen and oxygen atoms in total. The summed E-state index contributed by atoms with van der Waals surface area (Å²) < 4.78 is 19.2. The van der Waals surface area contributed by atoms with Gasteiger partial charge in [-0.2, -0.15) is 0 Å². The molecule has 4 heteroatoms. The zero-order valence-corrected chi connectivity index (χ0v) is 11.4. The van der Waals surface area contributed by atoms with Crippen LogP contribution < -0.4 is 5.32 Å². The Morgan fingerprint density at radius 1 is 1.16 bits per heavy atom. The van der Waals surface area contributed by atoms with Crippen molar-refractivity contribution in [2.75, 3.05) is 0 Å². The molecule has 0 aliphatic heterocycles. The van der Waals surface area contributed by atoms with E-state index in [9.17, 15) is 4.39 Å². The van der Waals surface area contributed by atoms with Gasteiger partial charge < -0.3 is 9.73 Å². The Morgan fingerprint density at radius 3 is 2.74 bits per heavy atom. The predicted molar refractivity (Wildman–Crippen MR) is 74.5 cm³/mol. The number of furan rings is 1. The number of hydrogen-bond acceptors (Lipinski definition) is 3. The van der Waals surface area contributed by atoms with Crippen LogP contribution in [0.1, 0.15) is 24.4 Å². The molecule has 1 N–H and O–H groups in total. The lowest BCUT2D eigenvalue weighted by Crippen LogP contribution is -2.14. The molecule has 0 radical (unpaired) electrons. The standard InChI is InChI=1S/C15H16FNOS/c16-14-3-1-2-4-15(14)19-10-13-8-7-12(18-13)9-17-11-5-6-11/h1-4,7-8,11,17H,5-6,9-10H2. The van der Waals surface area contributed by atoms with Crippen molar-refractivity contribution in [1.82, 2.24) is 5.32 Å². The van der Waals surface area contributed by atoms with Gasteiger partial charge in [0.25, 0.3) is 0 Å². The number of hydrogen-bond donors (Lipinski definition) is 1. The second-order valence-corrected chi connectivity index (χ2v) is 5.76. The SMILES string of the molecule is Fc1ccccc1SCc1ccc(CNC2CC2)o1. The number of thioether (sulfide) groups is 1. The summed E-state index contributed by atoms with van der Waals surface area (Å²) in [6, 6.07) is 11.5. The molecule has 19 heavy (non-hydrogen) atoms. The van der Waals surface area contributed by atoms with Crippen LogP contribution in [-0.4, -0.2) is 6.04 Å². The van der Waals surface area contributed by atoms with E-state index in [1.165, 1.54) is 30.7 Å². The fraction of sp³-hybridized carbons (Fsp3) is 0.333. The Bertz CT molecular complexity index is 551. The van der Waals surface area contributed by atoms with Gasteiger partial charge >= 0.3 is 0 Å². The van der Waals surface area contributed by atoms with Gasteiger partial charge in [0.1, 0.15) is 17.3 Å². The maximum atomic E-state index is 13.5. The Labute approximate surface area is 116 Å². The highest BCUT2D eigenvalue weighted by Gasteiger charge is 2.20. The normalized spacial score (nSPS) is 14.8. The molecule has 0 bridgehead atoms. The van der Waals surface area contributed by atoms with Crippen LogP contribution in [0, 0.1) is 5.82 Å². The molecule has 1 aromatic carbocycles. The number of nitrogens with one attached hydrogen (secondary N) is 1. The first-order valence-electron chi connectivity index (χ1n) is 6.49. The van der Waals surface area contributed by atoms with Gasteiger partial charge in [0, 0.05) is 10.9 Å². The molecule has 3 rings (SSSR count). The molecular weight excluding hydrogens is 261 g/mol. The van der Waals surface area contributed by atoms with Crippen LogP contribution in [0.15, 0.2) is 45.7 Å². The Balaban J connectivity index is 1.53. The van der Waals surface area contributed by atoms with Crippen LogP contribution >= 0.6 is 11.8 Å². The minimum Gasteiger partial charge on any atom is -0.464 e. The first-order valence-corrected chi connectivity index (χ1v) is 7.48. The van der Waals surface area contributed by atoms with E-state index in [0.29, 0.717) is 16.7 Å². The van der Waals surface area contributed by atoms with Crippen LogP contribution in [0.2, 0.25) is 0 Å². The average molecular weight is 277 g/mol. The first kappa shape index (κ1) is 12.8. The van der Waals surface area contributed by atoms with Gasteiger partial charge in [-0.05, 0) is 37.1 Å². The third-order valence-corrected chi connectivity index (χ3v) is 4.14. The first-order chi connectivity index (χ1) is 9.31. The van der Waals surface area contributed by atoms with Gasteiger partial charge in [0.05, 0.1) is 12.3 Å². The van der Waals surface area contributed by atoms with E-state index in [-0.39, 0.29) is 5.82 Å². The van der Waals surface area contributed by atoms with E-state index >= 15 is 0 Å². The summed E-state index contributed by atoms with van der Waals surface area (Å²) in [5.74, 6) is 2.33. The summed E-state index contributed by atoms with van der Waals surface area (Å²) >= 11 is 1.46. The molecule has 0 amide bonds. The monoisotopic (exact) mass is 277 g/mol. The molecule has 1 aromatic heterocycles. The van der Waals surface area contributed by atoms with Crippen LogP contribution in [-0.2, 0) is 12.3 Å².